The number of aromatic hydroxyl groups is 1. The van der Waals surface area contributed by atoms with Crippen molar-refractivity contribution in [3.05, 3.63) is 52.4 Å². The number of benzene rings is 2. The van der Waals surface area contributed by atoms with Gasteiger partial charge in [0, 0.05) is 5.39 Å². The zero-order chi connectivity index (χ0) is 20.1. The SMILES string of the molecule is CCCCCOc1ccc(Cn2c(O)c(N=O)c3cc(C)ccc32)cc1OC. The standard InChI is InChI=1S/C22H26N2O4/c1-4-5-6-11-28-19-10-8-16(13-20(19)27-3)14-24-18-9-7-15(2)12-17(18)21(23-26)22(24)25/h7-10,12-13,25H,4-6,11,14H2,1-3H3. The Morgan fingerprint density at radius 1 is 1.11 bits per heavy atom. The van der Waals surface area contributed by atoms with Crippen molar-refractivity contribution in [1.29, 1.82) is 0 Å². The number of aryl methyl sites for hydroxylation is 1. The maximum absolute atomic E-state index is 11.3. The largest absolute Gasteiger partial charge is 0.493 e. The van der Waals surface area contributed by atoms with Gasteiger partial charge in [-0.15, -0.1) is 4.91 Å². The lowest BCUT2D eigenvalue weighted by Gasteiger charge is -2.13. The van der Waals surface area contributed by atoms with E-state index >= 15 is 0 Å². The van der Waals surface area contributed by atoms with E-state index in [2.05, 4.69) is 12.1 Å². The van der Waals surface area contributed by atoms with Crippen LogP contribution < -0.4 is 9.47 Å². The van der Waals surface area contributed by atoms with Gasteiger partial charge in [0.05, 0.1) is 25.8 Å². The summed E-state index contributed by atoms with van der Waals surface area (Å²) in [7, 11) is 1.61. The summed E-state index contributed by atoms with van der Waals surface area (Å²) in [6.45, 7) is 5.13. The fourth-order valence-electron chi connectivity index (χ4n) is 3.33. The van der Waals surface area contributed by atoms with Gasteiger partial charge in [0.1, 0.15) is 0 Å². The van der Waals surface area contributed by atoms with Crippen LogP contribution in [-0.4, -0.2) is 23.4 Å². The third-order valence-electron chi connectivity index (χ3n) is 4.83. The third-order valence-corrected chi connectivity index (χ3v) is 4.83. The number of fused-ring (bicyclic) bond motifs is 1. The van der Waals surface area contributed by atoms with Crippen molar-refractivity contribution in [3.63, 3.8) is 0 Å². The van der Waals surface area contributed by atoms with E-state index in [0.29, 0.717) is 30.0 Å². The molecule has 0 aliphatic carbocycles. The van der Waals surface area contributed by atoms with Crippen molar-refractivity contribution in [2.75, 3.05) is 13.7 Å². The summed E-state index contributed by atoms with van der Waals surface area (Å²) in [4.78, 5) is 11.3. The van der Waals surface area contributed by atoms with Gasteiger partial charge in [0.15, 0.2) is 17.2 Å². The van der Waals surface area contributed by atoms with E-state index in [1.165, 1.54) is 0 Å². The summed E-state index contributed by atoms with van der Waals surface area (Å²) in [6.07, 6.45) is 3.28. The van der Waals surface area contributed by atoms with Gasteiger partial charge >= 0.3 is 0 Å². The Balaban J connectivity index is 1.89. The lowest BCUT2D eigenvalue weighted by Crippen LogP contribution is -2.02. The Morgan fingerprint density at radius 2 is 1.93 bits per heavy atom. The first-order valence-electron chi connectivity index (χ1n) is 9.54. The molecule has 1 aromatic heterocycles. The molecular formula is C22H26N2O4. The van der Waals surface area contributed by atoms with Crippen LogP contribution in [0.5, 0.6) is 17.4 Å². The van der Waals surface area contributed by atoms with Crippen LogP contribution in [0.25, 0.3) is 10.9 Å². The molecule has 0 unspecified atom stereocenters. The fraction of sp³-hybridized carbons (Fsp3) is 0.364. The number of hydrogen-bond donors (Lipinski definition) is 1. The first-order valence-corrected chi connectivity index (χ1v) is 9.54. The zero-order valence-electron chi connectivity index (χ0n) is 16.6. The molecule has 1 N–H and O–H groups in total. The molecule has 28 heavy (non-hydrogen) atoms. The number of ether oxygens (including phenoxy) is 2. The minimum atomic E-state index is -0.130. The predicted molar refractivity (Wildman–Crippen MR) is 111 cm³/mol. The van der Waals surface area contributed by atoms with Gasteiger partial charge in [0.25, 0.3) is 0 Å². The van der Waals surface area contributed by atoms with Crippen molar-refractivity contribution in [3.8, 4) is 17.4 Å². The smallest absolute Gasteiger partial charge is 0.222 e. The van der Waals surface area contributed by atoms with Gasteiger partial charge in [-0.25, -0.2) is 0 Å². The lowest BCUT2D eigenvalue weighted by atomic mass is 10.1. The van der Waals surface area contributed by atoms with Gasteiger partial charge in [-0.1, -0.05) is 37.5 Å². The molecule has 2 aromatic carbocycles. The van der Waals surface area contributed by atoms with Crippen molar-refractivity contribution < 1.29 is 14.6 Å². The number of unbranched alkanes of at least 4 members (excludes halogenated alkanes) is 2. The quantitative estimate of drug-likeness (QED) is 0.382. The van der Waals surface area contributed by atoms with Crippen LogP contribution in [0, 0.1) is 11.8 Å². The molecule has 1 heterocycles. The number of hydrogen-bond acceptors (Lipinski definition) is 5. The average molecular weight is 382 g/mol. The topological polar surface area (TPSA) is 73.0 Å². The molecule has 0 amide bonds. The molecule has 0 saturated carbocycles. The van der Waals surface area contributed by atoms with Crippen LogP contribution in [0.15, 0.2) is 41.6 Å². The van der Waals surface area contributed by atoms with Crippen LogP contribution >= 0.6 is 0 Å². The highest BCUT2D eigenvalue weighted by Gasteiger charge is 2.18. The summed E-state index contributed by atoms with van der Waals surface area (Å²) in [5.41, 5.74) is 2.75. The first kappa shape index (κ1) is 19.7. The van der Waals surface area contributed by atoms with Crippen molar-refractivity contribution in [1.82, 2.24) is 4.57 Å². The van der Waals surface area contributed by atoms with E-state index in [0.717, 1.165) is 35.9 Å². The minimum absolute atomic E-state index is 0.0709. The molecule has 3 rings (SSSR count). The zero-order valence-corrected chi connectivity index (χ0v) is 16.6. The van der Waals surface area contributed by atoms with Gasteiger partial charge in [-0.2, -0.15) is 0 Å². The van der Waals surface area contributed by atoms with Crippen molar-refractivity contribution in [2.24, 2.45) is 5.18 Å². The van der Waals surface area contributed by atoms with Crippen LogP contribution in [-0.2, 0) is 6.54 Å². The van der Waals surface area contributed by atoms with E-state index in [-0.39, 0.29) is 11.6 Å². The van der Waals surface area contributed by atoms with Crippen LogP contribution in [0.3, 0.4) is 0 Å². The second kappa shape index (κ2) is 8.78. The molecular weight excluding hydrogens is 356 g/mol. The molecule has 0 fully saturated rings. The summed E-state index contributed by atoms with van der Waals surface area (Å²) < 4.78 is 13.0. The Kier molecular flexibility index (Phi) is 6.19. The molecule has 0 spiro atoms. The predicted octanol–water partition coefficient (Wildman–Crippen LogP) is 5.68. The van der Waals surface area contributed by atoms with E-state index in [1.54, 1.807) is 11.7 Å². The Labute approximate surface area is 164 Å². The fourth-order valence-corrected chi connectivity index (χ4v) is 3.33. The highest BCUT2D eigenvalue weighted by atomic mass is 16.5. The Hall–Kier alpha value is -3.02. The molecule has 3 aromatic rings. The number of nitroso groups, excluding NO2 is 1. The maximum Gasteiger partial charge on any atom is 0.222 e. The summed E-state index contributed by atoms with van der Waals surface area (Å²) >= 11 is 0. The molecule has 6 heteroatoms. The molecule has 0 saturated heterocycles. The highest BCUT2D eigenvalue weighted by molar-refractivity contribution is 5.95. The number of rotatable bonds is 9. The van der Waals surface area contributed by atoms with Gasteiger partial charge in [0.2, 0.25) is 5.88 Å². The molecule has 6 nitrogen and oxygen atoms in total. The highest BCUT2D eigenvalue weighted by Crippen LogP contribution is 2.39. The van der Waals surface area contributed by atoms with E-state index < -0.39 is 0 Å². The normalized spacial score (nSPS) is 11.0. The number of methoxy groups -OCH3 is 1. The van der Waals surface area contributed by atoms with Crippen LogP contribution in [0.4, 0.5) is 5.69 Å². The van der Waals surface area contributed by atoms with Gasteiger partial charge < -0.3 is 19.1 Å². The maximum atomic E-state index is 11.3. The number of aromatic nitrogens is 1. The monoisotopic (exact) mass is 382 g/mol. The number of nitrogens with zero attached hydrogens (tertiary/aromatic N) is 2. The molecule has 0 aliphatic rings. The molecule has 148 valence electrons. The molecule has 0 aliphatic heterocycles. The van der Waals surface area contributed by atoms with E-state index in [9.17, 15) is 10.0 Å². The molecule has 0 atom stereocenters. The summed E-state index contributed by atoms with van der Waals surface area (Å²) in [5.74, 6) is 1.22. The van der Waals surface area contributed by atoms with Crippen LogP contribution in [0.2, 0.25) is 0 Å². The van der Waals surface area contributed by atoms with Crippen molar-refractivity contribution >= 4 is 16.6 Å². The Morgan fingerprint density at radius 3 is 2.64 bits per heavy atom. The molecule has 0 radical (unpaired) electrons. The van der Waals surface area contributed by atoms with Crippen molar-refractivity contribution in [2.45, 2.75) is 39.7 Å². The van der Waals surface area contributed by atoms with Crippen LogP contribution in [0.1, 0.15) is 37.3 Å². The summed E-state index contributed by atoms with van der Waals surface area (Å²) in [6, 6.07) is 11.4. The lowest BCUT2D eigenvalue weighted by molar-refractivity contribution is 0.286. The van der Waals surface area contributed by atoms with E-state index in [4.69, 9.17) is 9.47 Å². The molecule has 0 bridgehead atoms. The van der Waals surface area contributed by atoms with E-state index in [1.807, 2.05) is 43.3 Å². The van der Waals surface area contributed by atoms with Gasteiger partial charge in [-0.05, 0) is 48.4 Å². The third kappa shape index (κ3) is 3.96. The second-order valence-electron chi connectivity index (χ2n) is 6.91. The average Bonchev–Trinajstić information content (AvgIpc) is 2.96. The van der Waals surface area contributed by atoms with Gasteiger partial charge in [-0.3, -0.25) is 0 Å². The first-order chi connectivity index (χ1) is 13.6. The summed E-state index contributed by atoms with van der Waals surface area (Å²) in [5, 5.41) is 14.2. The Bertz CT molecular complexity index is 978. The minimum Gasteiger partial charge on any atom is -0.493 e. The second-order valence-corrected chi connectivity index (χ2v) is 6.91.